The fourth-order valence-corrected chi connectivity index (χ4v) is 5.65. The number of carbonyl (C=O) groups is 1. The molecule has 0 aliphatic carbocycles. The number of aryl methyl sites for hydroxylation is 1. The second-order valence-corrected chi connectivity index (χ2v) is 11.4. The van der Waals surface area contributed by atoms with E-state index in [0.29, 0.717) is 36.4 Å². The molecule has 10 nitrogen and oxygen atoms in total. The average molecular weight is 592 g/mol. The van der Waals surface area contributed by atoms with Gasteiger partial charge < -0.3 is 30.7 Å². The van der Waals surface area contributed by atoms with Crippen LogP contribution in [0, 0.1) is 0 Å². The van der Waals surface area contributed by atoms with Gasteiger partial charge >= 0.3 is 0 Å². The second kappa shape index (κ2) is 14.4. The van der Waals surface area contributed by atoms with Crippen molar-refractivity contribution in [3.05, 3.63) is 66.2 Å². The number of amides is 1. The van der Waals surface area contributed by atoms with Crippen LogP contribution in [0.15, 0.2) is 66.2 Å². The third-order valence-electron chi connectivity index (χ3n) is 7.18. The first-order valence-electron chi connectivity index (χ1n) is 14.3. The highest BCUT2D eigenvalue weighted by atomic mass is 32.1. The Morgan fingerprint density at radius 2 is 1.90 bits per heavy atom. The Morgan fingerprint density at radius 1 is 1.10 bits per heavy atom. The molecule has 0 unspecified atom stereocenters. The molecule has 4 aromatic rings. The summed E-state index contributed by atoms with van der Waals surface area (Å²) in [6.45, 7) is 0.602. The lowest BCUT2D eigenvalue weighted by molar-refractivity contribution is -0.184. The van der Waals surface area contributed by atoms with Gasteiger partial charge in [0.25, 0.3) is 0 Å². The molecule has 5 N–H and O–H groups in total. The minimum absolute atomic E-state index is 0.0272. The van der Waals surface area contributed by atoms with Crippen LogP contribution >= 0.6 is 11.3 Å². The molecule has 3 atom stereocenters. The Labute approximate surface area is 249 Å². The van der Waals surface area contributed by atoms with Gasteiger partial charge in [0, 0.05) is 36.2 Å². The second-order valence-electron chi connectivity index (χ2n) is 10.5. The molecule has 0 spiro atoms. The molecule has 1 saturated heterocycles. The van der Waals surface area contributed by atoms with Gasteiger partial charge in [-0.1, -0.05) is 30.2 Å². The molecule has 11 heteroatoms. The van der Waals surface area contributed by atoms with Crippen LogP contribution in [0.4, 0.5) is 11.4 Å². The van der Waals surface area contributed by atoms with E-state index in [1.165, 1.54) is 0 Å². The van der Waals surface area contributed by atoms with Crippen LogP contribution in [0.25, 0.3) is 21.7 Å². The molecule has 42 heavy (non-hydrogen) atoms. The lowest BCUT2D eigenvalue weighted by Gasteiger charge is -2.32. The molecule has 5 rings (SSSR count). The van der Waals surface area contributed by atoms with Crippen molar-refractivity contribution in [1.82, 2.24) is 15.0 Å². The molecule has 222 valence electrons. The summed E-state index contributed by atoms with van der Waals surface area (Å²) in [5, 5.41) is 32.8. The summed E-state index contributed by atoms with van der Waals surface area (Å²) in [6, 6.07) is 17.3. The Balaban J connectivity index is 1.00. The number of rotatable bonds is 13. The van der Waals surface area contributed by atoms with Gasteiger partial charge in [0.1, 0.15) is 11.4 Å². The number of hydrogen-bond acceptors (Lipinski definition) is 9. The van der Waals surface area contributed by atoms with E-state index in [0.717, 1.165) is 53.9 Å². The van der Waals surface area contributed by atoms with Crippen molar-refractivity contribution in [3.63, 3.8) is 0 Å². The minimum atomic E-state index is -0.598. The number of anilines is 2. The molecular weight excluding hydrogens is 554 g/mol. The minimum Gasteiger partial charge on any atom is -0.465 e. The van der Waals surface area contributed by atoms with Gasteiger partial charge in [-0.25, -0.2) is 0 Å². The normalized spacial score (nSPS) is 18.6. The molecule has 2 aromatic heterocycles. The summed E-state index contributed by atoms with van der Waals surface area (Å²) in [5.74, 6) is 0.589. The van der Waals surface area contributed by atoms with E-state index in [9.17, 15) is 15.0 Å². The van der Waals surface area contributed by atoms with Crippen LogP contribution in [-0.2, 0) is 16.1 Å². The zero-order valence-electron chi connectivity index (χ0n) is 23.4. The number of thiophene rings is 1. The van der Waals surface area contributed by atoms with Crippen molar-refractivity contribution < 1.29 is 24.5 Å². The molecule has 1 amide bonds. The Morgan fingerprint density at radius 3 is 2.69 bits per heavy atom. The van der Waals surface area contributed by atoms with Crippen molar-refractivity contribution in [2.45, 2.75) is 70.0 Å². The lowest BCUT2D eigenvalue weighted by Crippen LogP contribution is -2.40. The number of ether oxygens (including phenoxy) is 2. The van der Waals surface area contributed by atoms with Gasteiger partial charge in [-0.05, 0) is 66.2 Å². The fraction of sp³-hybridized carbons (Fsp3) is 0.387. The quantitative estimate of drug-likeness (QED) is 0.124. The summed E-state index contributed by atoms with van der Waals surface area (Å²) >= 11 is 1.65. The van der Waals surface area contributed by atoms with Crippen LogP contribution in [0.2, 0.25) is 0 Å². The van der Waals surface area contributed by atoms with E-state index >= 15 is 0 Å². The molecule has 3 heterocycles. The largest absolute Gasteiger partial charge is 0.465 e. The van der Waals surface area contributed by atoms with Gasteiger partial charge in [0.2, 0.25) is 12.2 Å². The third-order valence-corrected chi connectivity index (χ3v) is 8.10. The predicted molar refractivity (Wildman–Crippen MR) is 163 cm³/mol. The maximum atomic E-state index is 12.5. The first kappa shape index (κ1) is 29.7. The van der Waals surface area contributed by atoms with Gasteiger partial charge in [0.05, 0.1) is 36.4 Å². The number of nitrogens with two attached hydrogens (primary N) is 1. The maximum absolute atomic E-state index is 12.5. The zero-order chi connectivity index (χ0) is 29.3. The monoisotopic (exact) mass is 591 g/mol. The summed E-state index contributed by atoms with van der Waals surface area (Å²) in [7, 11) is 0. The summed E-state index contributed by atoms with van der Waals surface area (Å²) in [6.07, 6.45) is 5.24. The third kappa shape index (κ3) is 8.16. The van der Waals surface area contributed by atoms with Crippen LogP contribution in [0.5, 0.6) is 5.75 Å². The molecule has 1 aliphatic heterocycles. The average Bonchev–Trinajstić information content (AvgIpc) is 3.69. The summed E-state index contributed by atoms with van der Waals surface area (Å²) < 4.78 is 13.3. The smallest absolute Gasteiger partial charge is 0.224 e. The van der Waals surface area contributed by atoms with E-state index in [4.69, 9.17) is 15.2 Å². The van der Waals surface area contributed by atoms with E-state index in [1.54, 1.807) is 11.3 Å². The van der Waals surface area contributed by atoms with Gasteiger partial charge in [-0.3, -0.25) is 9.48 Å². The first-order chi connectivity index (χ1) is 20.5. The van der Waals surface area contributed by atoms with Crippen molar-refractivity contribution in [2.75, 3.05) is 17.7 Å². The Bertz CT molecular complexity index is 1430. The van der Waals surface area contributed by atoms with Crippen LogP contribution in [-0.4, -0.2) is 56.2 Å². The molecule has 1 aliphatic rings. The van der Waals surface area contributed by atoms with Crippen molar-refractivity contribution in [3.8, 4) is 27.4 Å². The standard InChI is InChI=1S/C31H37N5O5S/c32-26-13-10-22(29-6-5-15-42-29)16-27(26)33-30(39)7-3-1-2-4-14-36-19-28(34-35-36)21-8-11-24(12-9-21)40-31-18-23(38)17-25(20-37)41-31/h5-6,8-13,15-16,19,23,25,31,37-38H,1-4,7,14,17-18,20,32H2,(H,33,39)/t23-,25-,31-/m0/s1. The van der Waals surface area contributed by atoms with Gasteiger partial charge in [0.15, 0.2) is 0 Å². The van der Waals surface area contributed by atoms with Crippen LogP contribution in [0.3, 0.4) is 0 Å². The maximum Gasteiger partial charge on any atom is 0.224 e. The SMILES string of the molecule is Nc1ccc(-c2cccs2)cc1NC(=O)CCCCCCn1cc(-c2ccc(O[C@@H]3C[C@@H](O)C[C@@H](CO)O3)cc2)nn1. The van der Waals surface area contributed by atoms with Gasteiger partial charge in [-0.15, -0.1) is 16.4 Å². The number of nitrogens with zero attached hydrogens (tertiary/aromatic N) is 3. The topological polar surface area (TPSA) is 145 Å². The van der Waals surface area contributed by atoms with Crippen molar-refractivity contribution >= 4 is 28.6 Å². The lowest BCUT2D eigenvalue weighted by atomic mass is 10.1. The number of aromatic nitrogens is 3. The predicted octanol–water partition coefficient (Wildman–Crippen LogP) is 5.08. The number of nitrogens with one attached hydrogen (secondary N) is 1. The van der Waals surface area contributed by atoms with E-state index in [-0.39, 0.29) is 12.5 Å². The highest BCUT2D eigenvalue weighted by Gasteiger charge is 2.29. The van der Waals surface area contributed by atoms with Crippen LogP contribution in [0.1, 0.15) is 44.9 Å². The number of unbranched alkanes of at least 4 members (excludes halogenated alkanes) is 3. The zero-order valence-corrected chi connectivity index (χ0v) is 24.2. The highest BCUT2D eigenvalue weighted by Crippen LogP contribution is 2.30. The highest BCUT2D eigenvalue weighted by molar-refractivity contribution is 7.13. The number of carbonyl (C=O) groups excluding carboxylic acids is 1. The van der Waals surface area contributed by atoms with Crippen LogP contribution < -0.4 is 15.8 Å². The molecule has 1 fully saturated rings. The van der Waals surface area contributed by atoms with E-state index in [2.05, 4.69) is 15.6 Å². The molecule has 0 bridgehead atoms. The summed E-state index contributed by atoms with van der Waals surface area (Å²) in [4.78, 5) is 13.6. The number of nitrogen functional groups attached to an aromatic ring is 1. The Hall–Kier alpha value is -3.77. The first-order valence-corrected chi connectivity index (χ1v) is 15.2. The number of aliphatic hydroxyl groups is 2. The summed E-state index contributed by atoms with van der Waals surface area (Å²) in [5.41, 5.74) is 10.0. The van der Waals surface area contributed by atoms with E-state index in [1.807, 2.05) is 70.9 Å². The van der Waals surface area contributed by atoms with Crippen molar-refractivity contribution in [1.29, 1.82) is 0 Å². The molecular formula is C31H37N5O5S. The molecule has 2 aromatic carbocycles. The van der Waals surface area contributed by atoms with E-state index < -0.39 is 18.5 Å². The number of hydrogen-bond donors (Lipinski definition) is 4. The van der Waals surface area contributed by atoms with Gasteiger partial charge in [-0.2, -0.15) is 0 Å². The molecule has 0 radical (unpaired) electrons. The number of aliphatic hydroxyl groups excluding tert-OH is 2. The molecule has 0 saturated carbocycles. The van der Waals surface area contributed by atoms with Crippen molar-refractivity contribution in [2.24, 2.45) is 0 Å². The Kier molecular flexibility index (Phi) is 10.2. The fourth-order valence-electron chi connectivity index (χ4n) is 4.92. The number of benzene rings is 2.